The van der Waals surface area contributed by atoms with Crippen molar-refractivity contribution in [3.63, 3.8) is 0 Å². The standard InChI is InChI=1S/C21H26FN5O/c22-19-6-2-1-5-16(19)17-15-18(17)20(28)23-9-4-10-26-11-13-27(14-12-26)21-24-7-3-8-25-21/h1-3,5-8,17-18H,4,9-15H2,(H,23,28). The van der Waals surface area contributed by atoms with Crippen LogP contribution in [-0.4, -0.2) is 60.0 Å². The topological polar surface area (TPSA) is 61.4 Å². The first-order chi connectivity index (χ1) is 13.7. The molecule has 148 valence electrons. The minimum atomic E-state index is -0.206. The molecule has 2 unspecified atom stereocenters. The highest BCUT2D eigenvalue weighted by molar-refractivity contribution is 5.82. The average molecular weight is 383 g/mol. The van der Waals surface area contributed by atoms with Gasteiger partial charge in [0.2, 0.25) is 11.9 Å². The Morgan fingerprint density at radius 2 is 1.86 bits per heavy atom. The molecule has 2 aromatic rings. The number of rotatable bonds is 7. The second kappa shape index (κ2) is 8.65. The summed E-state index contributed by atoms with van der Waals surface area (Å²) in [6.45, 7) is 5.42. The Labute approximate surface area is 164 Å². The van der Waals surface area contributed by atoms with Gasteiger partial charge in [-0.1, -0.05) is 18.2 Å². The van der Waals surface area contributed by atoms with Gasteiger partial charge in [-0.2, -0.15) is 0 Å². The number of carbonyl (C=O) groups excluding carboxylic acids is 1. The van der Waals surface area contributed by atoms with Crippen molar-refractivity contribution < 1.29 is 9.18 Å². The Morgan fingerprint density at radius 3 is 2.61 bits per heavy atom. The molecule has 4 rings (SSSR count). The van der Waals surface area contributed by atoms with Crippen LogP contribution in [-0.2, 0) is 4.79 Å². The summed E-state index contributed by atoms with van der Waals surface area (Å²) in [5.74, 6) is 0.603. The summed E-state index contributed by atoms with van der Waals surface area (Å²) in [7, 11) is 0. The van der Waals surface area contributed by atoms with E-state index >= 15 is 0 Å². The van der Waals surface area contributed by atoms with Crippen LogP contribution in [0.15, 0.2) is 42.7 Å². The van der Waals surface area contributed by atoms with Crippen LogP contribution in [0.2, 0.25) is 0 Å². The summed E-state index contributed by atoms with van der Waals surface area (Å²) in [4.78, 5) is 25.5. The highest BCUT2D eigenvalue weighted by Gasteiger charge is 2.44. The number of piperazine rings is 1. The number of nitrogens with one attached hydrogen (secondary N) is 1. The van der Waals surface area contributed by atoms with E-state index in [-0.39, 0.29) is 23.6 Å². The first kappa shape index (κ1) is 18.8. The van der Waals surface area contributed by atoms with Crippen molar-refractivity contribution in [1.82, 2.24) is 20.2 Å². The molecule has 1 saturated heterocycles. The lowest BCUT2D eigenvalue weighted by atomic mass is 10.1. The van der Waals surface area contributed by atoms with Crippen molar-refractivity contribution in [2.24, 2.45) is 5.92 Å². The van der Waals surface area contributed by atoms with E-state index in [1.165, 1.54) is 6.07 Å². The van der Waals surface area contributed by atoms with Crippen LogP contribution in [0, 0.1) is 11.7 Å². The third kappa shape index (κ3) is 4.47. The van der Waals surface area contributed by atoms with Gasteiger partial charge in [0, 0.05) is 51.0 Å². The van der Waals surface area contributed by atoms with Gasteiger partial charge in [-0.15, -0.1) is 0 Å². The molecule has 1 aromatic heterocycles. The van der Waals surface area contributed by atoms with E-state index in [0.29, 0.717) is 12.1 Å². The van der Waals surface area contributed by atoms with Gasteiger partial charge in [-0.25, -0.2) is 14.4 Å². The predicted molar refractivity (Wildman–Crippen MR) is 106 cm³/mol. The van der Waals surface area contributed by atoms with Crippen LogP contribution >= 0.6 is 0 Å². The van der Waals surface area contributed by atoms with Gasteiger partial charge in [0.1, 0.15) is 5.82 Å². The molecule has 2 aliphatic rings. The first-order valence-corrected chi connectivity index (χ1v) is 9.99. The van der Waals surface area contributed by atoms with E-state index in [4.69, 9.17) is 0 Å². The van der Waals surface area contributed by atoms with Gasteiger partial charge < -0.3 is 10.2 Å². The molecule has 1 amide bonds. The molecule has 2 atom stereocenters. The smallest absolute Gasteiger partial charge is 0.225 e. The van der Waals surface area contributed by atoms with Crippen LogP contribution in [0.5, 0.6) is 0 Å². The Morgan fingerprint density at radius 1 is 1.11 bits per heavy atom. The normalized spacial score (nSPS) is 22.1. The SMILES string of the molecule is O=C(NCCCN1CCN(c2ncccn2)CC1)C1CC1c1ccccc1F. The van der Waals surface area contributed by atoms with Gasteiger partial charge >= 0.3 is 0 Å². The molecule has 1 aliphatic carbocycles. The fourth-order valence-corrected chi connectivity index (χ4v) is 3.88. The van der Waals surface area contributed by atoms with Crippen molar-refractivity contribution in [2.45, 2.75) is 18.8 Å². The van der Waals surface area contributed by atoms with E-state index in [9.17, 15) is 9.18 Å². The van der Waals surface area contributed by atoms with Gasteiger partial charge in [0.05, 0.1) is 0 Å². The Hall–Kier alpha value is -2.54. The Balaban J connectivity index is 1.13. The molecule has 6 nitrogen and oxygen atoms in total. The van der Waals surface area contributed by atoms with Crippen molar-refractivity contribution in [2.75, 3.05) is 44.2 Å². The number of nitrogens with zero attached hydrogens (tertiary/aromatic N) is 4. The number of amides is 1. The lowest BCUT2D eigenvalue weighted by molar-refractivity contribution is -0.122. The Bertz CT molecular complexity index is 794. The van der Waals surface area contributed by atoms with Crippen LogP contribution in [0.1, 0.15) is 24.3 Å². The number of benzene rings is 1. The molecule has 0 bridgehead atoms. The van der Waals surface area contributed by atoms with E-state index in [1.54, 1.807) is 24.5 Å². The molecule has 2 fully saturated rings. The van der Waals surface area contributed by atoms with E-state index in [1.807, 2.05) is 12.1 Å². The van der Waals surface area contributed by atoms with Gasteiger partial charge in [-0.05, 0) is 43.0 Å². The first-order valence-electron chi connectivity index (χ1n) is 9.99. The zero-order valence-electron chi connectivity index (χ0n) is 15.9. The summed E-state index contributed by atoms with van der Waals surface area (Å²) in [5, 5.41) is 3.02. The summed E-state index contributed by atoms with van der Waals surface area (Å²) >= 11 is 0. The van der Waals surface area contributed by atoms with Crippen LogP contribution < -0.4 is 10.2 Å². The quantitative estimate of drug-likeness (QED) is 0.742. The second-order valence-electron chi connectivity index (χ2n) is 7.49. The maximum Gasteiger partial charge on any atom is 0.225 e. The monoisotopic (exact) mass is 383 g/mol. The van der Waals surface area contributed by atoms with Crippen molar-refractivity contribution in [3.05, 3.63) is 54.1 Å². The molecule has 1 aliphatic heterocycles. The Kier molecular flexibility index (Phi) is 5.81. The molecule has 7 heteroatoms. The molecular weight excluding hydrogens is 357 g/mol. The minimum Gasteiger partial charge on any atom is -0.356 e. The molecule has 0 radical (unpaired) electrons. The summed E-state index contributed by atoms with van der Waals surface area (Å²) in [5.41, 5.74) is 0.669. The number of hydrogen-bond donors (Lipinski definition) is 1. The predicted octanol–water partition coefficient (Wildman–Crippen LogP) is 2.05. The number of aromatic nitrogens is 2. The van der Waals surface area contributed by atoms with E-state index in [0.717, 1.165) is 51.5 Å². The third-order valence-corrected chi connectivity index (χ3v) is 5.59. The average Bonchev–Trinajstić information content (AvgIpc) is 3.53. The number of carbonyl (C=O) groups is 1. The molecule has 1 N–H and O–H groups in total. The zero-order chi connectivity index (χ0) is 19.3. The molecule has 28 heavy (non-hydrogen) atoms. The molecular formula is C21H26FN5O. The van der Waals surface area contributed by atoms with Crippen LogP contribution in [0.3, 0.4) is 0 Å². The fraction of sp³-hybridized carbons (Fsp3) is 0.476. The highest BCUT2D eigenvalue weighted by atomic mass is 19.1. The van der Waals surface area contributed by atoms with Gasteiger partial charge in [0.25, 0.3) is 0 Å². The third-order valence-electron chi connectivity index (χ3n) is 5.59. The number of hydrogen-bond acceptors (Lipinski definition) is 5. The second-order valence-corrected chi connectivity index (χ2v) is 7.49. The van der Waals surface area contributed by atoms with Gasteiger partial charge in [-0.3, -0.25) is 9.69 Å². The largest absolute Gasteiger partial charge is 0.356 e. The molecule has 2 heterocycles. The number of halogens is 1. The maximum atomic E-state index is 13.8. The highest BCUT2D eigenvalue weighted by Crippen LogP contribution is 2.48. The zero-order valence-corrected chi connectivity index (χ0v) is 15.9. The summed E-state index contributed by atoms with van der Waals surface area (Å²) < 4.78 is 13.8. The minimum absolute atomic E-state index is 0.0366. The van der Waals surface area contributed by atoms with Gasteiger partial charge in [0.15, 0.2) is 0 Å². The lowest BCUT2D eigenvalue weighted by Crippen LogP contribution is -2.47. The van der Waals surface area contributed by atoms with Crippen molar-refractivity contribution in [1.29, 1.82) is 0 Å². The fourth-order valence-electron chi connectivity index (χ4n) is 3.88. The van der Waals surface area contributed by atoms with Crippen LogP contribution in [0.25, 0.3) is 0 Å². The molecule has 0 spiro atoms. The maximum absolute atomic E-state index is 13.8. The lowest BCUT2D eigenvalue weighted by Gasteiger charge is -2.34. The van der Waals surface area contributed by atoms with E-state index in [2.05, 4.69) is 25.1 Å². The summed E-state index contributed by atoms with van der Waals surface area (Å²) in [6.07, 6.45) is 5.21. The van der Waals surface area contributed by atoms with Crippen molar-refractivity contribution >= 4 is 11.9 Å². The molecule has 1 aromatic carbocycles. The van der Waals surface area contributed by atoms with E-state index < -0.39 is 0 Å². The van der Waals surface area contributed by atoms with Crippen molar-refractivity contribution in [3.8, 4) is 0 Å². The molecule has 1 saturated carbocycles. The summed E-state index contributed by atoms with van der Waals surface area (Å²) in [6, 6.07) is 8.59. The number of anilines is 1. The van der Waals surface area contributed by atoms with Crippen LogP contribution in [0.4, 0.5) is 10.3 Å².